The average molecular weight is 319 g/mol. The van der Waals surface area contributed by atoms with Gasteiger partial charge in [-0.2, -0.15) is 0 Å². The zero-order valence-electron chi connectivity index (χ0n) is 10.1. The van der Waals surface area contributed by atoms with E-state index in [-0.39, 0.29) is 5.91 Å². The van der Waals surface area contributed by atoms with Gasteiger partial charge >= 0.3 is 0 Å². The highest BCUT2D eigenvalue weighted by molar-refractivity contribution is 9.09. The standard InChI is InChI=1S/C13H17BrClNO/c1-3-10(14)7-8-16-13(17)11-6-4-5-9(2)12(11)15/h4-6,10H,3,7-8H2,1-2H3,(H,16,17). The number of hydrogen-bond acceptors (Lipinski definition) is 1. The molecule has 1 rings (SSSR count). The van der Waals surface area contributed by atoms with Crippen molar-refractivity contribution in [3.8, 4) is 0 Å². The van der Waals surface area contributed by atoms with E-state index in [1.54, 1.807) is 6.07 Å². The van der Waals surface area contributed by atoms with Crippen LogP contribution in [0.3, 0.4) is 0 Å². The topological polar surface area (TPSA) is 29.1 Å². The summed E-state index contributed by atoms with van der Waals surface area (Å²) >= 11 is 9.62. The molecule has 1 atom stereocenters. The van der Waals surface area contributed by atoms with Gasteiger partial charge in [0, 0.05) is 11.4 Å². The number of alkyl halides is 1. The highest BCUT2D eigenvalue weighted by Crippen LogP contribution is 2.20. The molecule has 2 nitrogen and oxygen atoms in total. The summed E-state index contributed by atoms with van der Waals surface area (Å²) in [5, 5.41) is 3.42. The minimum absolute atomic E-state index is 0.102. The minimum atomic E-state index is -0.102. The van der Waals surface area contributed by atoms with Gasteiger partial charge in [-0.25, -0.2) is 0 Å². The Morgan fingerprint density at radius 3 is 2.88 bits per heavy atom. The van der Waals surface area contributed by atoms with Crippen molar-refractivity contribution in [1.82, 2.24) is 5.32 Å². The van der Waals surface area contributed by atoms with Crippen molar-refractivity contribution in [2.45, 2.75) is 31.5 Å². The summed E-state index contributed by atoms with van der Waals surface area (Å²) in [6, 6.07) is 5.48. The molecular formula is C13H17BrClNO. The summed E-state index contributed by atoms with van der Waals surface area (Å²) < 4.78 is 0. The summed E-state index contributed by atoms with van der Waals surface area (Å²) in [4.78, 5) is 12.3. The summed E-state index contributed by atoms with van der Waals surface area (Å²) in [7, 11) is 0. The predicted molar refractivity (Wildman–Crippen MR) is 76.1 cm³/mol. The molecule has 0 heterocycles. The Morgan fingerprint density at radius 2 is 2.24 bits per heavy atom. The first kappa shape index (κ1) is 14.5. The van der Waals surface area contributed by atoms with E-state index >= 15 is 0 Å². The molecular weight excluding hydrogens is 302 g/mol. The maximum atomic E-state index is 11.9. The van der Waals surface area contributed by atoms with E-state index in [1.807, 2.05) is 19.1 Å². The first-order chi connectivity index (χ1) is 8.06. The molecule has 94 valence electrons. The van der Waals surface area contributed by atoms with Crippen LogP contribution in [0.5, 0.6) is 0 Å². The highest BCUT2D eigenvalue weighted by atomic mass is 79.9. The van der Waals surface area contributed by atoms with Gasteiger partial charge in [0.1, 0.15) is 0 Å². The van der Waals surface area contributed by atoms with Crippen molar-refractivity contribution in [1.29, 1.82) is 0 Å². The molecule has 1 aromatic carbocycles. The third-order valence-electron chi connectivity index (χ3n) is 2.62. The first-order valence-electron chi connectivity index (χ1n) is 5.73. The second-order valence-electron chi connectivity index (χ2n) is 3.99. The van der Waals surface area contributed by atoms with Gasteiger partial charge in [0.2, 0.25) is 0 Å². The zero-order chi connectivity index (χ0) is 12.8. The second kappa shape index (κ2) is 7.02. The monoisotopic (exact) mass is 317 g/mol. The summed E-state index contributed by atoms with van der Waals surface area (Å²) in [6.45, 7) is 4.66. The van der Waals surface area contributed by atoms with E-state index in [1.165, 1.54) is 0 Å². The van der Waals surface area contributed by atoms with Crippen LogP contribution in [0.15, 0.2) is 18.2 Å². The molecule has 0 spiro atoms. The zero-order valence-corrected chi connectivity index (χ0v) is 12.4. The third kappa shape index (κ3) is 4.32. The van der Waals surface area contributed by atoms with E-state index in [9.17, 15) is 4.79 Å². The quantitative estimate of drug-likeness (QED) is 0.819. The molecule has 17 heavy (non-hydrogen) atoms. The molecule has 0 saturated heterocycles. The van der Waals surface area contributed by atoms with Crippen molar-refractivity contribution in [2.75, 3.05) is 6.54 Å². The van der Waals surface area contributed by atoms with E-state index < -0.39 is 0 Å². The SMILES string of the molecule is CCC(Br)CCNC(=O)c1cccc(C)c1Cl. The number of carbonyl (C=O) groups excluding carboxylic acids is 1. The third-order valence-corrected chi connectivity index (χ3v) is 4.23. The van der Waals surface area contributed by atoms with Crippen LogP contribution in [0.1, 0.15) is 35.7 Å². The summed E-state index contributed by atoms with van der Waals surface area (Å²) in [6.07, 6.45) is 1.98. The number of nitrogens with one attached hydrogen (secondary N) is 1. The van der Waals surface area contributed by atoms with Gasteiger partial charge in [0.25, 0.3) is 5.91 Å². The maximum absolute atomic E-state index is 11.9. The number of rotatable bonds is 5. The van der Waals surface area contributed by atoms with Crippen LogP contribution in [0.2, 0.25) is 5.02 Å². The molecule has 1 aromatic rings. The lowest BCUT2D eigenvalue weighted by atomic mass is 10.1. The van der Waals surface area contributed by atoms with Crippen molar-refractivity contribution in [3.63, 3.8) is 0 Å². The molecule has 4 heteroatoms. The van der Waals surface area contributed by atoms with E-state index in [2.05, 4.69) is 28.2 Å². The van der Waals surface area contributed by atoms with Crippen LogP contribution in [0.4, 0.5) is 0 Å². The van der Waals surface area contributed by atoms with Crippen LogP contribution < -0.4 is 5.32 Å². The van der Waals surface area contributed by atoms with Crippen molar-refractivity contribution >= 4 is 33.4 Å². The van der Waals surface area contributed by atoms with Crippen molar-refractivity contribution < 1.29 is 4.79 Å². The van der Waals surface area contributed by atoms with Gasteiger partial charge in [-0.05, 0) is 31.4 Å². The number of amides is 1. The van der Waals surface area contributed by atoms with E-state index in [0.717, 1.165) is 18.4 Å². The summed E-state index contributed by atoms with van der Waals surface area (Å²) in [5.74, 6) is -0.102. The van der Waals surface area contributed by atoms with Gasteiger partial charge in [-0.1, -0.05) is 46.6 Å². The van der Waals surface area contributed by atoms with E-state index in [4.69, 9.17) is 11.6 Å². The Bertz CT molecular complexity index is 395. The molecule has 0 radical (unpaired) electrons. The number of hydrogen-bond donors (Lipinski definition) is 1. The van der Waals surface area contributed by atoms with Crippen LogP contribution in [0, 0.1) is 6.92 Å². The first-order valence-corrected chi connectivity index (χ1v) is 7.03. The molecule has 0 aliphatic rings. The van der Waals surface area contributed by atoms with Gasteiger partial charge in [0.15, 0.2) is 0 Å². The number of carbonyl (C=O) groups is 1. The van der Waals surface area contributed by atoms with Crippen LogP contribution in [0.25, 0.3) is 0 Å². The fourth-order valence-electron chi connectivity index (χ4n) is 1.46. The lowest BCUT2D eigenvalue weighted by molar-refractivity contribution is 0.0953. The Kier molecular flexibility index (Phi) is 6.00. The van der Waals surface area contributed by atoms with Gasteiger partial charge in [-0.15, -0.1) is 0 Å². The minimum Gasteiger partial charge on any atom is -0.352 e. The molecule has 0 saturated carbocycles. The van der Waals surface area contributed by atoms with Crippen LogP contribution >= 0.6 is 27.5 Å². The molecule has 0 aliphatic carbocycles. The van der Waals surface area contributed by atoms with Gasteiger partial charge < -0.3 is 5.32 Å². The lowest BCUT2D eigenvalue weighted by Gasteiger charge is -2.10. The molecule has 1 N–H and O–H groups in total. The largest absolute Gasteiger partial charge is 0.352 e. The Hall–Kier alpha value is -0.540. The smallest absolute Gasteiger partial charge is 0.252 e. The Labute approximate surface area is 116 Å². The molecule has 0 bridgehead atoms. The molecule has 0 fully saturated rings. The fourth-order valence-corrected chi connectivity index (χ4v) is 1.91. The second-order valence-corrected chi connectivity index (χ2v) is 5.66. The molecule has 1 amide bonds. The predicted octanol–water partition coefficient (Wildman–Crippen LogP) is 3.94. The highest BCUT2D eigenvalue weighted by Gasteiger charge is 2.11. The Balaban J connectivity index is 2.56. The molecule has 1 unspecified atom stereocenters. The number of halogens is 2. The fraction of sp³-hybridized carbons (Fsp3) is 0.462. The van der Waals surface area contributed by atoms with Gasteiger partial charge in [0.05, 0.1) is 10.6 Å². The maximum Gasteiger partial charge on any atom is 0.252 e. The van der Waals surface area contributed by atoms with Crippen LogP contribution in [-0.2, 0) is 0 Å². The summed E-state index contributed by atoms with van der Waals surface area (Å²) in [5.41, 5.74) is 1.47. The Morgan fingerprint density at radius 1 is 1.53 bits per heavy atom. The van der Waals surface area contributed by atoms with Crippen molar-refractivity contribution in [2.24, 2.45) is 0 Å². The molecule has 0 aliphatic heterocycles. The number of aryl methyl sites for hydroxylation is 1. The lowest BCUT2D eigenvalue weighted by Crippen LogP contribution is -2.26. The van der Waals surface area contributed by atoms with Gasteiger partial charge in [-0.3, -0.25) is 4.79 Å². The van der Waals surface area contributed by atoms with Crippen molar-refractivity contribution in [3.05, 3.63) is 34.3 Å². The number of benzene rings is 1. The normalized spacial score (nSPS) is 12.2. The molecule has 0 aromatic heterocycles. The van der Waals surface area contributed by atoms with E-state index in [0.29, 0.717) is 22.0 Å². The van der Waals surface area contributed by atoms with Crippen LogP contribution in [-0.4, -0.2) is 17.3 Å². The average Bonchev–Trinajstić information content (AvgIpc) is 2.32.